The zero-order valence-corrected chi connectivity index (χ0v) is 12.0. The van der Waals surface area contributed by atoms with Crippen molar-refractivity contribution in [1.29, 1.82) is 0 Å². The van der Waals surface area contributed by atoms with E-state index in [0.29, 0.717) is 0 Å². The van der Waals surface area contributed by atoms with E-state index in [-0.39, 0.29) is 5.69 Å². The molecule has 0 aliphatic rings. The maximum Gasteiger partial charge on any atom is 0.416 e. The Morgan fingerprint density at radius 1 is 1.29 bits per heavy atom. The van der Waals surface area contributed by atoms with Gasteiger partial charge in [0.2, 0.25) is 5.91 Å². The number of nitrogens with zero attached hydrogens (tertiary/aromatic N) is 1. The molecule has 0 aliphatic carbocycles. The molecule has 0 heterocycles. The number of nitrogens with one attached hydrogen (secondary N) is 2. The lowest BCUT2D eigenvalue weighted by Crippen LogP contribution is -2.40. The van der Waals surface area contributed by atoms with Gasteiger partial charge in [-0.1, -0.05) is 6.07 Å². The molecule has 0 unspecified atom stereocenters. The van der Waals surface area contributed by atoms with E-state index >= 15 is 0 Å². The maximum absolute atomic E-state index is 12.5. The van der Waals surface area contributed by atoms with E-state index in [1.807, 2.05) is 4.72 Å². The largest absolute Gasteiger partial charge is 0.416 e. The Hall–Kier alpha value is -1.65. The van der Waals surface area contributed by atoms with Gasteiger partial charge < -0.3 is 5.32 Å². The third-order valence-electron chi connectivity index (χ3n) is 2.37. The Labute approximate surface area is 120 Å². The summed E-state index contributed by atoms with van der Waals surface area (Å²) in [4.78, 5) is 11.5. The quantitative estimate of drug-likeness (QED) is 0.849. The molecule has 0 saturated carbocycles. The minimum absolute atomic E-state index is 0.0705. The minimum atomic E-state index is -4.52. The van der Waals surface area contributed by atoms with Crippen LogP contribution in [0, 0.1) is 0 Å². The van der Waals surface area contributed by atoms with Gasteiger partial charge in [-0.15, -0.1) is 0 Å². The monoisotopic (exact) mass is 325 g/mol. The normalized spacial score (nSPS) is 12.5. The number of amides is 1. The Balaban J connectivity index is 2.68. The van der Waals surface area contributed by atoms with Gasteiger partial charge in [0.05, 0.1) is 12.1 Å². The summed E-state index contributed by atoms with van der Waals surface area (Å²) in [6.07, 6.45) is -4.52. The second-order valence-electron chi connectivity index (χ2n) is 4.24. The molecule has 1 amide bonds. The number of benzene rings is 1. The van der Waals surface area contributed by atoms with E-state index in [9.17, 15) is 26.4 Å². The summed E-state index contributed by atoms with van der Waals surface area (Å²) in [5, 5.41) is 2.18. The smallest absolute Gasteiger partial charge is 0.325 e. The first-order valence-electron chi connectivity index (χ1n) is 5.66. The van der Waals surface area contributed by atoms with Crippen LogP contribution in [0.2, 0.25) is 0 Å². The molecule has 1 aromatic carbocycles. The fraction of sp³-hybridized carbons (Fsp3) is 0.364. The standard InChI is InChI=1S/C11H14F3N3O3S/c1-17(2)21(19,20)15-7-10(18)16-9-5-3-4-8(6-9)11(12,13)14/h3-6,15H,7H2,1-2H3,(H,16,18). The van der Waals surface area contributed by atoms with Crippen molar-refractivity contribution < 1.29 is 26.4 Å². The molecule has 10 heteroatoms. The molecule has 0 fully saturated rings. The average Bonchev–Trinajstić information content (AvgIpc) is 2.35. The summed E-state index contributed by atoms with van der Waals surface area (Å²) in [6.45, 7) is -0.587. The van der Waals surface area contributed by atoms with Crippen molar-refractivity contribution in [3.63, 3.8) is 0 Å². The van der Waals surface area contributed by atoms with Crippen LogP contribution in [0.1, 0.15) is 5.56 Å². The summed E-state index contributed by atoms with van der Waals surface area (Å²) in [5.41, 5.74) is -0.979. The number of rotatable bonds is 5. The summed E-state index contributed by atoms with van der Waals surface area (Å²) >= 11 is 0. The summed E-state index contributed by atoms with van der Waals surface area (Å²) in [5.74, 6) is -0.778. The first-order valence-corrected chi connectivity index (χ1v) is 7.10. The van der Waals surface area contributed by atoms with Gasteiger partial charge in [0, 0.05) is 19.8 Å². The Kier molecular flexibility index (Phi) is 5.31. The lowest BCUT2D eigenvalue weighted by Gasteiger charge is -2.13. The van der Waals surface area contributed by atoms with Gasteiger partial charge in [0.15, 0.2) is 0 Å². The lowest BCUT2D eigenvalue weighted by molar-refractivity contribution is -0.137. The first-order chi connectivity index (χ1) is 9.52. The first kappa shape index (κ1) is 17.4. The summed E-state index contributed by atoms with van der Waals surface area (Å²) in [7, 11) is -1.23. The van der Waals surface area contributed by atoms with Crippen LogP contribution < -0.4 is 10.0 Å². The van der Waals surface area contributed by atoms with Crippen LogP contribution in [0.15, 0.2) is 24.3 Å². The molecule has 0 aliphatic heterocycles. The number of halogens is 3. The number of carbonyl (C=O) groups excluding carboxylic acids is 1. The molecule has 118 valence electrons. The predicted octanol–water partition coefficient (Wildman–Crippen LogP) is 1.04. The van der Waals surface area contributed by atoms with Crippen molar-refractivity contribution >= 4 is 21.8 Å². The van der Waals surface area contributed by atoms with Crippen LogP contribution in [0.3, 0.4) is 0 Å². The van der Waals surface area contributed by atoms with Gasteiger partial charge in [-0.3, -0.25) is 4.79 Å². The van der Waals surface area contributed by atoms with Gasteiger partial charge in [-0.25, -0.2) is 0 Å². The zero-order chi connectivity index (χ0) is 16.3. The summed E-state index contributed by atoms with van der Waals surface area (Å²) in [6, 6.07) is 4.04. The highest BCUT2D eigenvalue weighted by atomic mass is 32.2. The SMILES string of the molecule is CN(C)S(=O)(=O)NCC(=O)Nc1cccc(C(F)(F)F)c1. The molecule has 1 rings (SSSR count). The minimum Gasteiger partial charge on any atom is -0.325 e. The highest BCUT2D eigenvalue weighted by molar-refractivity contribution is 7.87. The lowest BCUT2D eigenvalue weighted by atomic mass is 10.2. The van der Waals surface area contributed by atoms with Crippen LogP contribution in [-0.4, -0.2) is 39.3 Å². The van der Waals surface area contributed by atoms with E-state index in [4.69, 9.17) is 0 Å². The maximum atomic E-state index is 12.5. The van der Waals surface area contributed by atoms with Gasteiger partial charge in [0.1, 0.15) is 0 Å². The van der Waals surface area contributed by atoms with Gasteiger partial charge in [-0.05, 0) is 18.2 Å². The number of hydrogen-bond acceptors (Lipinski definition) is 3. The number of alkyl halides is 3. The van der Waals surface area contributed by atoms with E-state index in [1.54, 1.807) is 0 Å². The van der Waals surface area contributed by atoms with Crippen molar-refractivity contribution in [3.05, 3.63) is 29.8 Å². The fourth-order valence-corrected chi connectivity index (χ4v) is 1.84. The Bertz CT molecular complexity index is 615. The molecule has 2 N–H and O–H groups in total. The van der Waals surface area contributed by atoms with Crippen LogP contribution in [0.25, 0.3) is 0 Å². The number of carbonyl (C=O) groups is 1. The van der Waals surface area contributed by atoms with Crippen LogP contribution in [0.5, 0.6) is 0 Å². The molecule has 0 spiro atoms. The van der Waals surface area contributed by atoms with Crippen molar-refractivity contribution in [2.24, 2.45) is 0 Å². The van der Waals surface area contributed by atoms with Gasteiger partial charge in [-0.2, -0.15) is 30.6 Å². The van der Waals surface area contributed by atoms with E-state index in [0.717, 1.165) is 22.5 Å². The fourth-order valence-electron chi connectivity index (χ4n) is 1.26. The topological polar surface area (TPSA) is 78.5 Å². The van der Waals surface area contributed by atoms with Crippen molar-refractivity contribution in [1.82, 2.24) is 9.03 Å². The molecule has 0 atom stereocenters. The van der Waals surface area contributed by atoms with Crippen molar-refractivity contribution in [3.8, 4) is 0 Å². The van der Waals surface area contributed by atoms with Crippen LogP contribution in [-0.2, 0) is 21.2 Å². The van der Waals surface area contributed by atoms with Crippen LogP contribution in [0.4, 0.5) is 18.9 Å². The highest BCUT2D eigenvalue weighted by Gasteiger charge is 2.30. The average molecular weight is 325 g/mol. The Morgan fingerprint density at radius 2 is 1.90 bits per heavy atom. The third-order valence-corrected chi connectivity index (χ3v) is 3.84. The number of hydrogen-bond donors (Lipinski definition) is 2. The Morgan fingerprint density at radius 3 is 2.43 bits per heavy atom. The highest BCUT2D eigenvalue weighted by Crippen LogP contribution is 2.30. The van der Waals surface area contributed by atoms with Crippen molar-refractivity contribution in [2.75, 3.05) is 26.0 Å². The molecular formula is C11H14F3N3O3S. The van der Waals surface area contributed by atoms with Crippen LogP contribution >= 0.6 is 0 Å². The molecule has 0 radical (unpaired) electrons. The van der Waals surface area contributed by atoms with Gasteiger partial charge in [0.25, 0.3) is 10.2 Å². The third kappa shape index (κ3) is 5.33. The summed E-state index contributed by atoms with van der Waals surface area (Å²) < 4.78 is 63.0. The van der Waals surface area contributed by atoms with E-state index < -0.39 is 34.4 Å². The molecule has 6 nitrogen and oxygen atoms in total. The molecule has 0 aromatic heterocycles. The van der Waals surface area contributed by atoms with Gasteiger partial charge >= 0.3 is 6.18 Å². The predicted molar refractivity (Wildman–Crippen MR) is 70.7 cm³/mol. The zero-order valence-electron chi connectivity index (χ0n) is 11.2. The molecule has 21 heavy (non-hydrogen) atoms. The number of anilines is 1. The molecular weight excluding hydrogens is 311 g/mol. The molecule has 0 saturated heterocycles. The second-order valence-corrected chi connectivity index (χ2v) is 6.20. The molecule has 1 aromatic rings. The molecule has 0 bridgehead atoms. The van der Waals surface area contributed by atoms with Crippen molar-refractivity contribution in [2.45, 2.75) is 6.18 Å². The second kappa shape index (κ2) is 6.41. The van der Waals surface area contributed by atoms with E-state index in [2.05, 4.69) is 5.32 Å². The van der Waals surface area contributed by atoms with E-state index in [1.165, 1.54) is 20.2 Å².